The monoisotopic (exact) mass is 392 g/mol. The minimum absolute atomic E-state index is 0.0487. The Kier molecular flexibility index (Phi) is 6.94. The third kappa shape index (κ3) is 5.31. The zero-order chi connectivity index (χ0) is 19.8. The largest absolute Gasteiger partial charge is 0.466 e. The highest BCUT2D eigenvalue weighted by Crippen LogP contribution is 2.22. The quantitative estimate of drug-likeness (QED) is 0.313. The highest BCUT2D eigenvalue weighted by atomic mass is 32.1. The van der Waals surface area contributed by atoms with Gasteiger partial charge in [-0.1, -0.05) is 12.1 Å². The lowest BCUT2D eigenvalue weighted by molar-refractivity contribution is -0.385. The van der Waals surface area contributed by atoms with Crippen LogP contribution in [0, 0.1) is 10.1 Å². The number of hydrogen-bond acceptors (Lipinski definition) is 10. The Labute approximate surface area is 158 Å². The van der Waals surface area contributed by atoms with Gasteiger partial charge in [-0.15, -0.1) is 11.3 Å². The number of methoxy groups -OCH3 is 1. The van der Waals surface area contributed by atoms with Crippen LogP contribution >= 0.6 is 11.3 Å². The first-order valence-corrected chi connectivity index (χ1v) is 8.59. The molecular weight excluding hydrogens is 376 g/mol. The van der Waals surface area contributed by atoms with Crippen LogP contribution in [0.15, 0.2) is 28.7 Å². The molecule has 0 aliphatic heterocycles. The Morgan fingerprint density at radius 3 is 2.89 bits per heavy atom. The number of anilines is 1. The second kappa shape index (κ2) is 9.38. The number of nitrogens with zero attached hydrogens (tertiary/aromatic N) is 3. The van der Waals surface area contributed by atoms with E-state index in [0.717, 1.165) is 7.11 Å². The maximum atomic E-state index is 11.9. The Morgan fingerprint density at radius 2 is 2.22 bits per heavy atom. The van der Waals surface area contributed by atoms with Crippen molar-refractivity contribution in [3.8, 4) is 0 Å². The van der Waals surface area contributed by atoms with Crippen LogP contribution in [0.25, 0.3) is 0 Å². The van der Waals surface area contributed by atoms with E-state index in [1.165, 1.54) is 35.8 Å². The number of hydrazone groups is 1. The standard InChI is InChI=1S/C16H16N4O6S/c1-3-26-13(21)7-11-9-27-16(18-11)19-17-8-10-5-4-6-12(20(23)24)14(10)15(22)25-2/h4-6,8-9H,3,7H2,1-2H3,(H,18,19). The number of ether oxygens (including phenoxy) is 2. The number of aromatic nitrogens is 1. The van der Waals surface area contributed by atoms with Gasteiger partial charge in [0.25, 0.3) is 5.69 Å². The first-order chi connectivity index (χ1) is 13.0. The first-order valence-electron chi connectivity index (χ1n) is 7.71. The molecular formula is C16H16N4O6S. The zero-order valence-corrected chi connectivity index (χ0v) is 15.3. The van der Waals surface area contributed by atoms with Gasteiger partial charge in [-0.25, -0.2) is 9.78 Å². The molecule has 0 atom stereocenters. The molecule has 27 heavy (non-hydrogen) atoms. The van der Waals surface area contributed by atoms with Crippen molar-refractivity contribution in [1.29, 1.82) is 0 Å². The van der Waals surface area contributed by atoms with E-state index < -0.39 is 10.9 Å². The highest BCUT2D eigenvalue weighted by Gasteiger charge is 2.23. The molecule has 1 N–H and O–H groups in total. The van der Waals surface area contributed by atoms with Gasteiger partial charge in [0.2, 0.25) is 5.13 Å². The van der Waals surface area contributed by atoms with Crippen LogP contribution in [0.1, 0.15) is 28.5 Å². The van der Waals surface area contributed by atoms with Crippen molar-refractivity contribution in [2.24, 2.45) is 5.10 Å². The summed E-state index contributed by atoms with van der Waals surface area (Å²) >= 11 is 1.22. The number of nitro groups is 1. The topological polar surface area (TPSA) is 133 Å². The van der Waals surface area contributed by atoms with Crippen LogP contribution < -0.4 is 5.43 Å². The van der Waals surface area contributed by atoms with Crippen molar-refractivity contribution in [3.63, 3.8) is 0 Å². The van der Waals surface area contributed by atoms with E-state index in [0.29, 0.717) is 17.4 Å². The molecule has 0 spiro atoms. The Bertz CT molecular complexity index is 880. The molecule has 0 bridgehead atoms. The number of thiazole rings is 1. The molecule has 0 fully saturated rings. The van der Waals surface area contributed by atoms with Crippen molar-refractivity contribution < 1.29 is 24.0 Å². The van der Waals surface area contributed by atoms with Gasteiger partial charge in [-0.05, 0) is 6.92 Å². The molecule has 0 radical (unpaired) electrons. The minimum Gasteiger partial charge on any atom is -0.466 e. The average Bonchev–Trinajstić information content (AvgIpc) is 3.08. The van der Waals surface area contributed by atoms with Gasteiger partial charge < -0.3 is 9.47 Å². The first kappa shape index (κ1) is 20.0. The third-order valence-corrected chi connectivity index (χ3v) is 4.00. The van der Waals surface area contributed by atoms with Gasteiger partial charge in [0.05, 0.1) is 37.0 Å². The Hall–Kier alpha value is -3.34. The fraction of sp³-hybridized carbons (Fsp3) is 0.250. The fourth-order valence-corrected chi connectivity index (χ4v) is 2.76. The predicted molar refractivity (Wildman–Crippen MR) is 98.1 cm³/mol. The highest BCUT2D eigenvalue weighted by molar-refractivity contribution is 7.13. The van der Waals surface area contributed by atoms with Crippen molar-refractivity contribution in [2.75, 3.05) is 19.1 Å². The summed E-state index contributed by atoms with van der Waals surface area (Å²) < 4.78 is 9.46. The number of rotatable bonds is 8. The summed E-state index contributed by atoms with van der Waals surface area (Å²) in [5.41, 5.74) is 2.82. The second-order valence-corrected chi connectivity index (χ2v) is 5.84. The summed E-state index contributed by atoms with van der Waals surface area (Å²) in [5, 5.41) is 17.2. The minimum atomic E-state index is -0.838. The number of benzene rings is 1. The van der Waals surface area contributed by atoms with Crippen molar-refractivity contribution in [3.05, 3.63) is 50.5 Å². The molecule has 0 aliphatic rings. The molecule has 0 amide bonds. The van der Waals surface area contributed by atoms with Crippen molar-refractivity contribution in [2.45, 2.75) is 13.3 Å². The van der Waals surface area contributed by atoms with Crippen molar-refractivity contribution in [1.82, 2.24) is 4.98 Å². The van der Waals surface area contributed by atoms with Crippen molar-refractivity contribution >= 4 is 40.3 Å². The number of carbonyl (C=O) groups is 2. The molecule has 10 nitrogen and oxygen atoms in total. The van der Waals surface area contributed by atoms with Crippen LogP contribution in [0.3, 0.4) is 0 Å². The summed E-state index contributed by atoms with van der Waals surface area (Å²) in [6, 6.07) is 4.14. The molecule has 1 heterocycles. The smallest absolute Gasteiger partial charge is 0.345 e. The lowest BCUT2D eigenvalue weighted by atomic mass is 10.1. The molecule has 0 saturated carbocycles. The van der Waals surface area contributed by atoms with Gasteiger partial charge in [0, 0.05) is 17.0 Å². The lowest BCUT2D eigenvalue weighted by Crippen LogP contribution is -2.09. The van der Waals surface area contributed by atoms with E-state index in [9.17, 15) is 19.7 Å². The fourth-order valence-electron chi connectivity index (χ4n) is 2.10. The molecule has 2 aromatic rings. The molecule has 0 unspecified atom stereocenters. The predicted octanol–water partition coefficient (Wildman–Crippen LogP) is 2.39. The van der Waals surface area contributed by atoms with Gasteiger partial charge in [0.15, 0.2) is 0 Å². The lowest BCUT2D eigenvalue weighted by Gasteiger charge is -2.04. The van der Waals surface area contributed by atoms with Gasteiger partial charge in [-0.3, -0.25) is 20.3 Å². The van der Waals surface area contributed by atoms with Crippen LogP contribution in [0.4, 0.5) is 10.8 Å². The number of nitro benzene ring substituents is 1. The van der Waals surface area contributed by atoms with Gasteiger partial charge >= 0.3 is 11.9 Å². The normalized spacial score (nSPS) is 10.6. The van der Waals surface area contributed by atoms with Crippen LogP contribution in [-0.2, 0) is 20.7 Å². The van der Waals surface area contributed by atoms with Gasteiger partial charge in [0.1, 0.15) is 5.56 Å². The van der Waals surface area contributed by atoms with Gasteiger partial charge in [-0.2, -0.15) is 5.10 Å². The van der Waals surface area contributed by atoms with Crippen LogP contribution in [0.2, 0.25) is 0 Å². The molecule has 2 rings (SSSR count). The molecule has 1 aromatic heterocycles. The third-order valence-electron chi connectivity index (χ3n) is 3.21. The summed E-state index contributed by atoms with van der Waals surface area (Å²) in [7, 11) is 1.14. The SMILES string of the molecule is CCOC(=O)Cc1csc(NN=Cc2cccc([N+](=O)[O-])c2C(=O)OC)n1. The number of hydrogen-bond donors (Lipinski definition) is 1. The maximum Gasteiger partial charge on any atom is 0.345 e. The number of esters is 2. The molecule has 0 aliphatic carbocycles. The molecule has 142 valence electrons. The van der Waals surface area contributed by atoms with Crippen LogP contribution in [-0.4, -0.2) is 41.8 Å². The molecule has 11 heteroatoms. The summed E-state index contributed by atoms with van der Waals surface area (Å²) in [4.78, 5) is 37.9. The van der Waals surface area contributed by atoms with E-state index in [-0.39, 0.29) is 29.2 Å². The summed E-state index contributed by atoms with van der Waals surface area (Å²) in [5.74, 6) is -1.22. The van der Waals surface area contributed by atoms with E-state index in [2.05, 4.69) is 20.2 Å². The summed E-state index contributed by atoms with van der Waals surface area (Å²) in [6.07, 6.45) is 1.30. The summed E-state index contributed by atoms with van der Waals surface area (Å²) in [6.45, 7) is 2.02. The van der Waals surface area contributed by atoms with E-state index in [1.807, 2.05) is 0 Å². The number of nitrogens with one attached hydrogen (secondary N) is 1. The Balaban J connectivity index is 2.14. The Morgan fingerprint density at radius 1 is 1.44 bits per heavy atom. The second-order valence-electron chi connectivity index (χ2n) is 4.99. The molecule has 0 saturated heterocycles. The van der Waals surface area contributed by atoms with Crippen LogP contribution in [0.5, 0.6) is 0 Å². The maximum absolute atomic E-state index is 11.9. The van der Waals surface area contributed by atoms with E-state index in [4.69, 9.17) is 4.74 Å². The molecule has 1 aromatic carbocycles. The zero-order valence-electron chi connectivity index (χ0n) is 14.5. The number of carbonyl (C=O) groups excluding carboxylic acids is 2. The average molecular weight is 392 g/mol. The van der Waals surface area contributed by atoms with E-state index in [1.54, 1.807) is 12.3 Å². The van der Waals surface area contributed by atoms with E-state index >= 15 is 0 Å².